The zero-order valence-electron chi connectivity index (χ0n) is 14.4. The minimum absolute atomic E-state index is 0. The highest BCUT2D eigenvalue weighted by Gasteiger charge is 2.06. The number of hydrogen-bond donors (Lipinski definition) is 1. The standard InChI is InChI=1S/C16H27N3O2S.HI/c1-5-6-11-19(3)16(17-2)18-12-14-7-9-15(10-8-14)13-22(4,20)21;/h7-10H,5-6,11-13H2,1-4H3,(H,17,18);1H. The van der Waals surface area contributed by atoms with Crippen molar-refractivity contribution >= 4 is 39.8 Å². The smallest absolute Gasteiger partial charge is 0.193 e. The van der Waals surface area contributed by atoms with Crippen molar-refractivity contribution in [1.29, 1.82) is 0 Å². The molecule has 0 aromatic heterocycles. The number of nitrogens with zero attached hydrogens (tertiary/aromatic N) is 2. The number of aliphatic imine (C=N–C) groups is 1. The van der Waals surface area contributed by atoms with Crippen LogP contribution in [0.2, 0.25) is 0 Å². The number of guanidine groups is 1. The summed E-state index contributed by atoms with van der Waals surface area (Å²) in [5, 5.41) is 3.32. The summed E-state index contributed by atoms with van der Waals surface area (Å²) in [5.41, 5.74) is 1.91. The lowest BCUT2D eigenvalue weighted by molar-refractivity contribution is 0.464. The number of hydrogen-bond acceptors (Lipinski definition) is 3. The van der Waals surface area contributed by atoms with E-state index in [1.54, 1.807) is 7.05 Å². The van der Waals surface area contributed by atoms with Crippen LogP contribution in [0.25, 0.3) is 0 Å². The largest absolute Gasteiger partial charge is 0.352 e. The molecule has 0 saturated heterocycles. The predicted octanol–water partition coefficient (Wildman–Crippen LogP) is 2.66. The molecule has 1 aromatic rings. The number of benzene rings is 1. The van der Waals surface area contributed by atoms with Crippen LogP contribution in [0.4, 0.5) is 0 Å². The van der Waals surface area contributed by atoms with Crippen LogP contribution in [0, 0.1) is 0 Å². The first kappa shape index (κ1) is 22.2. The molecule has 0 amide bonds. The summed E-state index contributed by atoms with van der Waals surface area (Å²) in [7, 11) is 0.824. The van der Waals surface area contributed by atoms with Crippen LogP contribution in [0.5, 0.6) is 0 Å². The zero-order valence-corrected chi connectivity index (χ0v) is 17.5. The molecule has 0 fully saturated rings. The summed E-state index contributed by atoms with van der Waals surface area (Å²) >= 11 is 0. The molecule has 23 heavy (non-hydrogen) atoms. The second-order valence-corrected chi connectivity index (χ2v) is 7.70. The van der Waals surface area contributed by atoms with Crippen molar-refractivity contribution in [1.82, 2.24) is 10.2 Å². The number of unbranched alkanes of at least 4 members (excludes halogenated alkanes) is 1. The third kappa shape index (κ3) is 9.14. The van der Waals surface area contributed by atoms with Gasteiger partial charge in [-0.1, -0.05) is 37.6 Å². The number of sulfone groups is 1. The van der Waals surface area contributed by atoms with E-state index in [1.807, 2.05) is 31.3 Å². The van der Waals surface area contributed by atoms with Crippen LogP contribution in [-0.2, 0) is 22.1 Å². The van der Waals surface area contributed by atoms with Crippen molar-refractivity contribution in [2.45, 2.75) is 32.1 Å². The van der Waals surface area contributed by atoms with Crippen LogP contribution in [-0.4, -0.2) is 46.2 Å². The van der Waals surface area contributed by atoms with Gasteiger partial charge in [0, 0.05) is 33.4 Å². The maximum absolute atomic E-state index is 11.3. The van der Waals surface area contributed by atoms with Crippen LogP contribution >= 0.6 is 24.0 Å². The lowest BCUT2D eigenvalue weighted by atomic mass is 10.1. The number of nitrogens with one attached hydrogen (secondary N) is 1. The molecular weight excluding hydrogens is 425 g/mol. The third-order valence-electron chi connectivity index (χ3n) is 3.32. The summed E-state index contributed by atoms with van der Waals surface area (Å²) in [5.74, 6) is 0.955. The molecule has 1 rings (SSSR count). The van der Waals surface area contributed by atoms with Crippen LogP contribution < -0.4 is 5.32 Å². The molecule has 0 aliphatic heterocycles. The monoisotopic (exact) mass is 453 g/mol. The summed E-state index contributed by atoms with van der Waals surface area (Å²) in [6.45, 7) is 3.81. The first-order valence-corrected chi connectivity index (χ1v) is 9.59. The molecule has 0 aliphatic carbocycles. The Hall–Kier alpha value is -0.830. The van der Waals surface area contributed by atoms with Crippen molar-refractivity contribution in [3.63, 3.8) is 0 Å². The Balaban J connectivity index is 0.00000484. The second kappa shape index (κ2) is 10.9. The van der Waals surface area contributed by atoms with Crippen LogP contribution in [0.15, 0.2) is 29.3 Å². The summed E-state index contributed by atoms with van der Waals surface area (Å²) < 4.78 is 22.5. The Kier molecular flexibility index (Phi) is 10.5. The fourth-order valence-electron chi connectivity index (χ4n) is 2.12. The van der Waals surface area contributed by atoms with Gasteiger partial charge < -0.3 is 10.2 Å². The average molecular weight is 453 g/mol. The summed E-state index contributed by atoms with van der Waals surface area (Å²) in [4.78, 5) is 6.39. The van der Waals surface area contributed by atoms with Gasteiger partial charge in [-0.3, -0.25) is 4.99 Å². The molecule has 5 nitrogen and oxygen atoms in total. The highest BCUT2D eigenvalue weighted by Crippen LogP contribution is 2.08. The Morgan fingerprint density at radius 1 is 1.22 bits per heavy atom. The zero-order chi connectivity index (χ0) is 16.6. The quantitative estimate of drug-likeness (QED) is 0.392. The van der Waals surface area contributed by atoms with E-state index in [2.05, 4.69) is 22.1 Å². The average Bonchev–Trinajstić information content (AvgIpc) is 2.45. The van der Waals surface area contributed by atoms with Crippen molar-refractivity contribution in [3.8, 4) is 0 Å². The second-order valence-electron chi connectivity index (χ2n) is 5.56. The highest BCUT2D eigenvalue weighted by molar-refractivity contribution is 14.0. The molecule has 0 saturated carbocycles. The maximum Gasteiger partial charge on any atom is 0.193 e. The predicted molar refractivity (Wildman–Crippen MR) is 108 cm³/mol. The van der Waals surface area contributed by atoms with Gasteiger partial charge in [0.15, 0.2) is 15.8 Å². The fraction of sp³-hybridized carbons (Fsp3) is 0.562. The number of rotatable bonds is 7. The van der Waals surface area contributed by atoms with Gasteiger partial charge in [0.2, 0.25) is 0 Å². The van der Waals surface area contributed by atoms with Gasteiger partial charge in [-0.25, -0.2) is 8.42 Å². The van der Waals surface area contributed by atoms with E-state index in [9.17, 15) is 8.42 Å². The lowest BCUT2D eigenvalue weighted by Gasteiger charge is -2.21. The van der Waals surface area contributed by atoms with E-state index >= 15 is 0 Å². The summed E-state index contributed by atoms with van der Waals surface area (Å²) in [6.07, 6.45) is 3.54. The van der Waals surface area contributed by atoms with Crippen LogP contribution in [0.1, 0.15) is 30.9 Å². The van der Waals surface area contributed by atoms with Gasteiger partial charge in [0.25, 0.3) is 0 Å². The van der Waals surface area contributed by atoms with Crippen LogP contribution in [0.3, 0.4) is 0 Å². The molecule has 0 bridgehead atoms. The molecule has 0 aliphatic rings. The van der Waals surface area contributed by atoms with Crippen molar-refractivity contribution in [3.05, 3.63) is 35.4 Å². The molecule has 1 N–H and O–H groups in total. The topological polar surface area (TPSA) is 61.8 Å². The number of halogens is 1. The molecule has 0 atom stereocenters. The SMILES string of the molecule is CCCCN(C)C(=NC)NCc1ccc(CS(C)(=O)=O)cc1.I. The van der Waals surface area contributed by atoms with Gasteiger partial charge in [-0.2, -0.15) is 0 Å². The molecule has 132 valence electrons. The first-order valence-electron chi connectivity index (χ1n) is 7.53. The molecule has 0 radical (unpaired) electrons. The molecule has 7 heteroatoms. The third-order valence-corrected chi connectivity index (χ3v) is 4.18. The lowest BCUT2D eigenvalue weighted by Crippen LogP contribution is -2.38. The first-order chi connectivity index (χ1) is 10.4. The summed E-state index contributed by atoms with van der Waals surface area (Å²) in [6, 6.07) is 7.63. The van der Waals surface area contributed by atoms with E-state index in [1.165, 1.54) is 6.26 Å². The fourth-order valence-corrected chi connectivity index (χ4v) is 2.92. The van der Waals surface area contributed by atoms with Gasteiger partial charge in [0.05, 0.1) is 5.75 Å². The minimum atomic E-state index is -2.98. The van der Waals surface area contributed by atoms with E-state index in [-0.39, 0.29) is 29.7 Å². The highest BCUT2D eigenvalue weighted by atomic mass is 127. The van der Waals surface area contributed by atoms with E-state index in [0.29, 0.717) is 6.54 Å². The van der Waals surface area contributed by atoms with Crippen molar-refractivity contribution in [2.75, 3.05) is 26.9 Å². The Labute approximate surface area is 157 Å². The Bertz CT molecular complexity index is 586. The van der Waals surface area contributed by atoms with Gasteiger partial charge in [-0.15, -0.1) is 24.0 Å². The minimum Gasteiger partial charge on any atom is -0.352 e. The van der Waals surface area contributed by atoms with E-state index < -0.39 is 9.84 Å². The van der Waals surface area contributed by atoms with E-state index in [4.69, 9.17) is 0 Å². The molecule has 0 unspecified atom stereocenters. The van der Waals surface area contributed by atoms with Gasteiger partial charge >= 0.3 is 0 Å². The van der Waals surface area contributed by atoms with Crippen molar-refractivity contribution < 1.29 is 8.42 Å². The Morgan fingerprint density at radius 3 is 2.26 bits per heavy atom. The normalized spacial score (nSPS) is 11.7. The van der Waals surface area contributed by atoms with Gasteiger partial charge in [-0.05, 0) is 17.5 Å². The molecule has 0 heterocycles. The molecule has 1 aromatic carbocycles. The maximum atomic E-state index is 11.3. The molecular formula is C16H28IN3O2S. The Morgan fingerprint density at radius 2 is 1.78 bits per heavy atom. The molecule has 0 spiro atoms. The van der Waals surface area contributed by atoms with Crippen molar-refractivity contribution in [2.24, 2.45) is 4.99 Å². The van der Waals surface area contributed by atoms with Gasteiger partial charge in [0.1, 0.15) is 0 Å². The van der Waals surface area contributed by atoms with E-state index in [0.717, 1.165) is 36.5 Å².